The van der Waals surface area contributed by atoms with Crippen molar-refractivity contribution in [1.29, 1.82) is 0 Å². The van der Waals surface area contributed by atoms with E-state index in [0.29, 0.717) is 0 Å². The molecule has 10 N–H and O–H groups in total. The van der Waals surface area contributed by atoms with E-state index < -0.39 is 78.8 Å². The van der Waals surface area contributed by atoms with Gasteiger partial charge in [0.1, 0.15) is 24.2 Å². The number of aliphatic hydroxyl groups is 2. The fourth-order valence-corrected chi connectivity index (χ4v) is 2.19. The molecule has 0 aliphatic rings. The first kappa shape index (κ1) is 26.2. The first-order chi connectivity index (χ1) is 13.3. The number of carbonyl (C=O) groups is 5. The van der Waals surface area contributed by atoms with Crippen LogP contribution in [0.25, 0.3) is 0 Å². The first-order valence-corrected chi connectivity index (χ1v) is 8.78. The highest BCUT2D eigenvalue weighted by atomic mass is 16.4. The summed E-state index contributed by atoms with van der Waals surface area (Å²) in [5.74, 6) is -5.67. The monoisotopic (exact) mass is 419 g/mol. The van der Waals surface area contributed by atoms with Crippen LogP contribution in [-0.4, -0.2) is 81.8 Å². The molecule has 0 aliphatic carbocycles. The molecule has 5 atom stereocenters. The molecule has 5 unspecified atom stereocenters. The van der Waals surface area contributed by atoms with Crippen LogP contribution in [0.15, 0.2) is 0 Å². The quantitative estimate of drug-likeness (QED) is 0.153. The number of amides is 4. The van der Waals surface area contributed by atoms with E-state index in [4.69, 9.17) is 21.7 Å². The molecule has 0 aliphatic heterocycles. The smallest absolute Gasteiger partial charge is 0.326 e. The first-order valence-electron chi connectivity index (χ1n) is 8.78. The van der Waals surface area contributed by atoms with Gasteiger partial charge in [-0.2, -0.15) is 0 Å². The Morgan fingerprint density at radius 2 is 1.38 bits per heavy atom. The maximum atomic E-state index is 12.5. The number of aliphatic carboxylic acids is 1. The summed E-state index contributed by atoms with van der Waals surface area (Å²) in [6.07, 6.45) is -2.13. The van der Waals surface area contributed by atoms with Gasteiger partial charge in [0, 0.05) is 0 Å². The summed E-state index contributed by atoms with van der Waals surface area (Å²) in [5.41, 5.74) is 10.3. The van der Waals surface area contributed by atoms with Gasteiger partial charge in [0.05, 0.1) is 19.1 Å². The standard InChI is InChI=1S/C16H29N5O8/c1-6(2)11(20-13(25)8(17)5-22)14(26)21-12(7(3)23)15(27)19-9(16(28)29)4-10(18)24/h6-9,11-12,22-23H,4-5,17H2,1-3H3,(H2,18,24)(H,19,27)(H,20,25)(H,21,26)(H,28,29). The molecule has 13 heteroatoms. The van der Waals surface area contributed by atoms with E-state index in [1.807, 2.05) is 5.32 Å². The Morgan fingerprint density at radius 3 is 1.76 bits per heavy atom. The maximum absolute atomic E-state index is 12.5. The highest BCUT2D eigenvalue weighted by Crippen LogP contribution is 2.05. The molecule has 166 valence electrons. The Hall–Kier alpha value is -2.77. The van der Waals surface area contributed by atoms with Gasteiger partial charge in [0.25, 0.3) is 0 Å². The van der Waals surface area contributed by atoms with E-state index in [2.05, 4.69) is 10.6 Å². The summed E-state index contributed by atoms with van der Waals surface area (Å²) < 4.78 is 0. The molecule has 0 radical (unpaired) electrons. The number of carboxylic acids is 1. The van der Waals surface area contributed by atoms with Crippen LogP contribution in [0, 0.1) is 5.92 Å². The third kappa shape index (κ3) is 8.85. The number of rotatable bonds is 12. The molecule has 0 fully saturated rings. The largest absolute Gasteiger partial charge is 0.480 e. The molecule has 0 saturated carbocycles. The van der Waals surface area contributed by atoms with Gasteiger partial charge in [-0.1, -0.05) is 13.8 Å². The Bertz CT molecular complexity index is 624. The number of nitrogens with two attached hydrogens (primary N) is 2. The van der Waals surface area contributed by atoms with Crippen molar-refractivity contribution in [3.8, 4) is 0 Å². The van der Waals surface area contributed by atoms with Crippen LogP contribution in [0.1, 0.15) is 27.2 Å². The van der Waals surface area contributed by atoms with Crippen LogP contribution in [0.2, 0.25) is 0 Å². The molecule has 0 aromatic heterocycles. The summed E-state index contributed by atoms with van der Waals surface area (Å²) in [6.45, 7) is 3.73. The summed E-state index contributed by atoms with van der Waals surface area (Å²) in [5, 5.41) is 34.4. The Morgan fingerprint density at radius 1 is 0.897 bits per heavy atom. The fraction of sp³-hybridized carbons (Fsp3) is 0.688. The lowest BCUT2D eigenvalue weighted by atomic mass is 10.0. The third-order valence-electron chi connectivity index (χ3n) is 3.86. The van der Waals surface area contributed by atoms with Crippen molar-refractivity contribution in [2.45, 2.75) is 57.5 Å². The molecular weight excluding hydrogens is 390 g/mol. The minimum Gasteiger partial charge on any atom is -0.480 e. The molecule has 29 heavy (non-hydrogen) atoms. The van der Waals surface area contributed by atoms with Crippen LogP contribution >= 0.6 is 0 Å². The minimum atomic E-state index is -1.65. The van der Waals surface area contributed by atoms with E-state index in [0.717, 1.165) is 0 Å². The molecule has 0 bridgehead atoms. The molecule has 0 saturated heterocycles. The van der Waals surface area contributed by atoms with Crippen molar-refractivity contribution in [2.75, 3.05) is 6.61 Å². The molecule has 0 spiro atoms. The van der Waals surface area contributed by atoms with E-state index in [1.165, 1.54) is 6.92 Å². The summed E-state index contributed by atoms with van der Waals surface area (Å²) in [4.78, 5) is 58.8. The number of hydrogen-bond acceptors (Lipinski definition) is 8. The molecule has 0 aromatic rings. The highest BCUT2D eigenvalue weighted by Gasteiger charge is 2.34. The Kier molecular flexibility index (Phi) is 10.8. The minimum absolute atomic E-state index is 0.454. The molecule has 4 amide bonds. The van der Waals surface area contributed by atoms with Crippen molar-refractivity contribution < 1.29 is 39.3 Å². The summed E-state index contributed by atoms with van der Waals surface area (Å²) >= 11 is 0. The Balaban J connectivity index is 5.34. The second-order valence-corrected chi connectivity index (χ2v) is 6.82. The zero-order valence-corrected chi connectivity index (χ0v) is 16.4. The maximum Gasteiger partial charge on any atom is 0.326 e. The molecule has 0 rings (SSSR count). The van der Waals surface area contributed by atoms with Crippen molar-refractivity contribution in [3.05, 3.63) is 0 Å². The zero-order chi connectivity index (χ0) is 22.9. The van der Waals surface area contributed by atoms with Gasteiger partial charge in [-0.3, -0.25) is 19.2 Å². The second-order valence-electron chi connectivity index (χ2n) is 6.82. The number of aliphatic hydroxyl groups excluding tert-OH is 2. The van der Waals surface area contributed by atoms with Gasteiger partial charge in [0.2, 0.25) is 23.6 Å². The van der Waals surface area contributed by atoms with Crippen molar-refractivity contribution in [3.63, 3.8) is 0 Å². The molecule has 0 aromatic carbocycles. The van der Waals surface area contributed by atoms with Crippen LogP contribution in [0.5, 0.6) is 0 Å². The lowest BCUT2D eigenvalue weighted by molar-refractivity contribution is -0.144. The van der Waals surface area contributed by atoms with Gasteiger partial charge < -0.3 is 42.7 Å². The Labute approximate surface area is 167 Å². The van der Waals surface area contributed by atoms with Gasteiger partial charge in [-0.25, -0.2) is 4.79 Å². The lowest BCUT2D eigenvalue weighted by Crippen LogP contribution is -2.61. The van der Waals surface area contributed by atoms with Crippen molar-refractivity contribution in [1.82, 2.24) is 16.0 Å². The lowest BCUT2D eigenvalue weighted by Gasteiger charge is -2.27. The summed E-state index contributed by atoms with van der Waals surface area (Å²) in [7, 11) is 0. The third-order valence-corrected chi connectivity index (χ3v) is 3.86. The number of hydrogen-bond donors (Lipinski definition) is 8. The number of primary amides is 1. The average molecular weight is 419 g/mol. The predicted molar refractivity (Wildman–Crippen MR) is 98.8 cm³/mol. The van der Waals surface area contributed by atoms with Gasteiger partial charge in [0.15, 0.2) is 0 Å². The molecular formula is C16H29N5O8. The van der Waals surface area contributed by atoms with E-state index >= 15 is 0 Å². The summed E-state index contributed by atoms with van der Waals surface area (Å²) in [6, 6.07) is -5.65. The fourth-order valence-electron chi connectivity index (χ4n) is 2.19. The topological polar surface area (TPSA) is 234 Å². The predicted octanol–water partition coefficient (Wildman–Crippen LogP) is -4.24. The molecule has 0 heterocycles. The highest BCUT2D eigenvalue weighted by molar-refractivity contribution is 5.95. The zero-order valence-electron chi connectivity index (χ0n) is 16.4. The second kappa shape index (κ2) is 11.9. The number of carbonyl (C=O) groups excluding carboxylic acids is 4. The van der Waals surface area contributed by atoms with Crippen LogP contribution in [0.3, 0.4) is 0 Å². The van der Waals surface area contributed by atoms with Crippen molar-refractivity contribution in [2.24, 2.45) is 17.4 Å². The van der Waals surface area contributed by atoms with Gasteiger partial charge in [-0.05, 0) is 12.8 Å². The van der Waals surface area contributed by atoms with Crippen molar-refractivity contribution >= 4 is 29.6 Å². The average Bonchev–Trinajstić information content (AvgIpc) is 2.61. The van der Waals surface area contributed by atoms with Crippen LogP contribution < -0.4 is 27.4 Å². The normalized spacial score (nSPS) is 16.1. The van der Waals surface area contributed by atoms with E-state index in [-0.39, 0.29) is 0 Å². The SMILES string of the molecule is CC(C)C(NC(=O)C(N)CO)C(=O)NC(C(=O)NC(CC(N)=O)C(=O)O)C(C)O. The van der Waals surface area contributed by atoms with Gasteiger partial charge >= 0.3 is 5.97 Å². The molecule has 13 nitrogen and oxygen atoms in total. The van der Waals surface area contributed by atoms with E-state index in [1.54, 1.807) is 13.8 Å². The number of carboxylic acid groups (broad SMARTS) is 1. The van der Waals surface area contributed by atoms with Gasteiger partial charge in [-0.15, -0.1) is 0 Å². The van der Waals surface area contributed by atoms with E-state index in [9.17, 15) is 29.1 Å². The van der Waals surface area contributed by atoms with Crippen LogP contribution in [-0.2, 0) is 24.0 Å². The number of nitrogens with one attached hydrogen (secondary N) is 3. The van der Waals surface area contributed by atoms with Crippen LogP contribution in [0.4, 0.5) is 0 Å².